The van der Waals surface area contributed by atoms with Gasteiger partial charge >= 0.3 is 5.97 Å². The molecule has 0 aromatic rings. The van der Waals surface area contributed by atoms with Crippen LogP contribution >= 0.6 is 0 Å². The van der Waals surface area contributed by atoms with Gasteiger partial charge in [-0.15, -0.1) is 0 Å². The molecule has 0 saturated heterocycles. The van der Waals surface area contributed by atoms with Crippen LogP contribution in [0.5, 0.6) is 0 Å². The van der Waals surface area contributed by atoms with Crippen LogP contribution in [0, 0.1) is 17.8 Å². The lowest BCUT2D eigenvalue weighted by Gasteiger charge is -2.36. The predicted molar refractivity (Wildman–Crippen MR) is 76.2 cm³/mol. The van der Waals surface area contributed by atoms with E-state index in [9.17, 15) is 14.7 Å². The number of rotatable bonds is 6. The Bertz CT molecular complexity index is 348. The quantitative estimate of drug-likeness (QED) is 0.694. The van der Waals surface area contributed by atoms with Crippen LogP contribution in [0.25, 0.3) is 0 Å². The smallest absolute Gasteiger partial charge is 0.307 e. The Kier molecular flexibility index (Phi) is 5.99. The lowest BCUT2D eigenvalue weighted by Crippen LogP contribution is -2.47. The Morgan fingerprint density at radius 2 is 1.80 bits per heavy atom. The highest BCUT2D eigenvalue weighted by Gasteiger charge is 2.34. The van der Waals surface area contributed by atoms with Gasteiger partial charge in [-0.2, -0.15) is 0 Å². The predicted octanol–water partition coefficient (Wildman–Crippen LogP) is 1.79. The van der Waals surface area contributed by atoms with Crippen LogP contribution in [-0.2, 0) is 9.59 Å². The molecule has 20 heavy (non-hydrogen) atoms. The van der Waals surface area contributed by atoms with Crippen molar-refractivity contribution in [3.8, 4) is 0 Å². The highest BCUT2D eigenvalue weighted by Crippen LogP contribution is 2.33. The maximum atomic E-state index is 11.9. The summed E-state index contributed by atoms with van der Waals surface area (Å²) in [7, 11) is 0. The Balaban J connectivity index is 2.43. The molecule has 1 amide bonds. The summed E-state index contributed by atoms with van der Waals surface area (Å²) in [4.78, 5) is 22.8. The molecule has 5 heteroatoms. The topological polar surface area (TPSA) is 86.6 Å². The van der Waals surface area contributed by atoms with E-state index in [1.54, 1.807) is 6.92 Å². The summed E-state index contributed by atoms with van der Waals surface area (Å²) in [6, 6.07) is 0. The number of amides is 1. The van der Waals surface area contributed by atoms with Gasteiger partial charge in [0.2, 0.25) is 5.91 Å². The third-order valence-electron chi connectivity index (χ3n) is 4.76. The molecule has 0 heterocycles. The van der Waals surface area contributed by atoms with Gasteiger partial charge in [-0.1, -0.05) is 27.2 Å². The molecule has 3 N–H and O–H groups in total. The van der Waals surface area contributed by atoms with E-state index < -0.39 is 23.4 Å². The number of carbonyl (C=O) groups is 2. The second-order valence-corrected chi connectivity index (χ2v) is 6.21. The Morgan fingerprint density at radius 3 is 2.25 bits per heavy atom. The third kappa shape index (κ3) is 4.47. The van der Waals surface area contributed by atoms with Crippen molar-refractivity contribution in [1.29, 1.82) is 0 Å². The molecule has 1 fully saturated rings. The second-order valence-electron chi connectivity index (χ2n) is 6.21. The van der Waals surface area contributed by atoms with Crippen LogP contribution in [-0.4, -0.2) is 34.2 Å². The van der Waals surface area contributed by atoms with Crippen molar-refractivity contribution in [1.82, 2.24) is 5.32 Å². The van der Waals surface area contributed by atoms with Crippen LogP contribution in [0.4, 0.5) is 0 Å². The Morgan fingerprint density at radius 1 is 1.25 bits per heavy atom. The highest BCUT2D eigenvalue weighted by atomic mass is 16.4. The average Bonchev–Trinajstić information content (AvgIpc) is 2.44. The summed E-state index contributed by atoms with van der Waals surface area (Å²) in [5.41, 5.74) is -0.826. The third-order valence-corrected chi connectivity index (χ3v) is 4.76. The fraction of sp³-hybridized carbons (Fsp3) is 0.867. The lowest BCUT2D eigenvalue weighted by molar-refractivity contribution is -0.146. The van der Waals surface area contributed by atoms with Gasteiger partial charge in [-0.25, -0.2) is 0 Å². The van der Waals surface area contributed by atoms with Gasteiger partial charge in [0, 0.05) is 12.5 Å². The SMILES string of the molecule is CCC1CCC(O)(CNC(=O)C(C)C(C)C(=O)O)CC1. The average molecular weight is 285 g/mol. The first-order chi connectivity index (χ1) is 9.29. The van der Waals surface area contributed by atoms with Gasteiger partial charge in [0.25, 0.3) is 0 Å². The second kappa shape index (κ2) is 7.07. The molecule has 5 nitrogen and oxygen atoms in total. The van der Waals surface area contributed by atoms with Gasteiger partial charge in [-0.05, 0) is 31.6 Å². The van der Waals surface area contributed by atoms with Gasteiger partial charge in [0.15, 0.2) is 0 Å². The van der Waals surface area contributed by atoms with E-state index in [0.717, 1.165) is 19.3 Å². The van der Waals surface area contributed by atoms with Crippen molar-refractivity contribution in [2.75, 3.05) is 6.54 Å². The minimum absolute atomic E-state index is 0.221. The first-order valence-electron chi connectivity index (χ1n) is 7.52. The zero-order chi connectivity index (χ0) is 15.3. The normalized spacial score (nSPS) is 29.5. The molecule has 1 aliphatic rings. The number of carbonyl (C=O) groups excluding carboxylic acids is 1. The van der Waals surface area contributed by atoms with E-state index in [-0.39, 0.29) is 12.5 Å². The summed E-state index contributed by atoms with van der Waals surface area (Å²) in [5, 5.41) is 22.0. The van der Waals surface area contributed by atoms with E-state index in [1.807, 2.05) is 0 Å². The summed E-state index contributed by atoms with van der Waals surface area (Å²) in [6.07, 6.45) is 4.52. The molecule has 0 aromatic heterocycles. The minimum Gasteiger partial charge on any atom is -0.481 e. The number of carboxylic acids is 1. The van der Waals surface area contributed by atoms with Crippen molar-refractivity contribution in [3.63, 3.8) is 0 Å². The van der Waals surface area contributed by atoms with Crippen LogP contribution in [0.15, 0.2) is 0 Å². The van der Waals surface area contributed by atoms with E-state index in [4.69, 9.17) is 5.11 Å². The Labute approximate surface area is 120 Å². The molecule has 1 saturated carbocycles. The number of aliphatic carboxylic acids is 1. The van der Waals surface area contributed by atoms with E-state index in [1.165, 1.54) is 6.92 Å². The molecule has 0 aromatic carbocycles. The molecule has 0 bridgehead atoms. The minimum atomic E-state index is -0.977. The van der Waals surface area contributed by atoms with Crippen molar-refractivity contribution in [3.05, 3.63) is 0 Å². The van der Waals surface area contributed by atoms with E-state index in [0.29, 0.717) is 18.8 Å². The van der Waals surface area contributed by atoms with Gasteiger partial charge in [0.1, 0.15) is 0 Å². The maximum absolute atomic E-state index is 11.9. The molecule has 1 rings (SSSR count). The standard InChI is InChI=1S/C15H27NO4/c1-4-12-5-7-15(20,8-6-12)9-16-13(17)10(2)11(3)14(18)19/h10-12,20H,4-9H2,1-3H3,(H,16,17)(H,18,19). The summed E-state index contributed by atoms with van der Waals surface area (Å²) >= 11 is 0. The summed E-state index contributed by atoms with van der Waals surface area (Å²) in [6.45, 7) is 5.50. The van der Waals surface area contributed by atoms with Gasteiger partial charge < -0.3 is 15.5 Å². The van der Waals surface area contributed by atoms with Crippen LogP contribution < -0.4 is 5.32 Å². The zero-order valence-corrected chi connectivity index (χ0v) is 12.7. The fourth-order valence-corrected chi connectivity index (χ4v) is 2.65. The molecule has 116 valence electrons. The number of aliphatic hydroxyl groups is 1. The molecular weight excluding hydrogens is 258 g/mol. The van der Waals surface area contributed by atoms with Crippen molar-refractivity contribution < 1.29 is 19.8 Å². The molecule has 0 radical (unpaired) electrons. The molecule has 2 atom stereocenters. The van der Waals surface area contributed by atoms with Crippen molar-refractivity contribution in [2.45, 2.75) is 58.5 Å². The van der Waals surface area contributed by atoms with Crippen LogP contribution in [0.3, 0.4) is 0 Å². The first kappa shape index (κ1) is 17.0. The largest absolute Gasteiger partial charge is 0.481 e. The molecule has 0 spiro atoms. The van der Waals surface area contributed by atoms with Gasteiger partial charge in [0.05, 0.1) is 11.5 Å². The van der Waals surface area contributed by atoms with Crippen LogP contribution in [0.2, 0.25) is 0 Å². The summed E-state index contributed by atoms with van der Waals surface area (Å²) in [5.74, 6) is -1.92. The number of hydrogen-bond acceptors (Lipinski definition) is 3. The first-order valence-corrected chi connectivity index (χ1v) is 7.52. The number of carboxylic acid groups (broad SMARTS) is 1. The number of hydrogen-bond donors (Lipinski definition) is 3. The lowest BCUT2D eigenvalue weighted by atomic mass is 9.78. The molecular formula is C15H27NO4. The zero-order valence-electron chi connectivity index (χ0n) is 12.7. The van der Waals surface area contributed by atoms with Crippen LogP contribution in [0.1, 0.15) is 52.9 Å². The Hall–Kier alpha value is -1.10. The number of nitrogens with one attached hydrogen (secondary N) is 1. The molecule has 0 aliphatic heterocycles. The highest BCUT2D eigenvalue weighted by molar-refractivity contribution is 5.84. The fourth-order valence-electron chi connectivity index (χ4n) is 2.65. The molecule has 2 unspecified atom stereocenters. The van der Waals surface area contributed by atoms with E-state index >= 15 is 0 Å². The summed E-state index contributed by atoms with van der Waals surface area (Å²) < 4.78 is 0. The van der Waals surface area contributed by atoms with Crippen molar-refractivity contribution in [2.24, 2.45) is 17.8 Å². The van der Waals surface area contributed by atoms with Crippen molar-refractivity contribution >= 4 is 11.9 Å². The molecule has 1 aliphatic carbocycles. The van der Waals surface area contributed by atoms with Gasteiger partial charge in [-0.3, -0.25) is 9.59 Å². The monoisotopic (exact) mass is 285 g/mol. The van der Waals surface area contributed by atoms with E-state index in [2.05, 4.69) is 12.2 Å². The maximum Gasteiger partial charge on any atom is 0.307 e.